The van der Waals surface area contributed by atoms with Crippen LogP contribution in [0.3, 0.4) is 0 Å². The van der Waals surface area contributed by atoms with Crippen molar-refractivity contribution in [2.45, 2.75) is 39.1 Å². The van der Waals surface area contributed by atoms with Crippen molar-refractivity contribution < 1.29 is 5.11 Å². The van der Waals surface area contributed by atoms with Gasteiger partial charge in [0, 0.05) is 6.42 Å². The van der Waals surface area contributed by atoms with Crippen molar-refractivity contribution in [1.29, 1.82) is 0 Å². The minimum atomic E-state index is -2.55. The van der Waals surface area contributed by atoms with Gasteiger partial charge in [0.05, 0.1) is 0 Å². The molecular formula is C28H32OSi2. The third-order valence-electron chi connectivity index (χ3n) is 5.48. The number of benzene rings is 3. The molecule has 0 radical (unpaired) electrons. The molecule has 0 spiro atoms. The fourth-order valence-electron chi connectivity index (χ4n) is 4.17. The molecule has 3 aromatic rings. The van der Waals surface area contributed by atoms with E-state index in [1.807, 2.05) is 0 Å². The van der Waals surface area contributed by atoms with Gasteiger partial charge in [-0.2, -0.15) is 0 Å². The van der Waals surface area contributed by atoms with Gasteiger partial charge in [-0.3, -0.25) is 0 Å². The Hall–Kier alpha value is -2.65. The van der Waals surface area contributed by atoms with Gasteiger partial charge in [-0.15, -0.1) is 5.54 Å². The van der Waals surface area contributed by atoms with Crippen LogP contribution in [0.25, 0.3) is 0 Å². The smallest absolute Gasteiger partial charge is 0.175 e. The highest BCUT2D eigenvalue weighted by Crippen LogP contribution is 2.22. The van der Waals surface area contributed by atoms with Crippen LogP contribution in [0.15, 0.2) is 102 Å². The van der Waals surface area contributed by atoms with Crippen LogP contribution in [0, 0.1) is 11.5 Å². The van der Waals surface area contributed by atoms with Crippen molar-refractivity contribution in [3.63, 3.8) is 0 Å². The van der Waals surface area contributed by atoms with Crippen LogP contribution in [-0.2, 0) is 0 Å². The molecule has 31 heavy (non-hydrogen) atoms. The normalized spacial score (nSPS) is 13.3. The van der Waals surface area contributed by atoms with Crippen LogP contribution in [-0.4, -0.2) is 27.4 Å². The summed E-state index contributed by atoms with van der Waals surface area (Å²) in [5.41, 5.74) is 3.35. The molecule has 0 aliphatic carbocycles. The molecule has 1 N–H and O–H groups in total. The number of aliphatic hydroxyl groups is 1. The lowest BCUT2D eigenvalue weighted by atomic mass is 10.2. The highest BCUT2D eigenvalue weighted by Gasteiger charge is 2.42. The van der Waals surface area contributed by atoms with Gasteiger partial charge in [-0.1, -0.05) is 128 Å². The molecule has 3 aromatic carbocycles. The molecule has 0 aromatic heterocycles. The van der Waals surface area contributed by atoms with Crippen LogP contribution >= 0.6 is 0 Å². The molecule has 0 amide bonds. The van der Waals surface area contributed by atoms with Crippen LogP contribution in [0.2, 0.25) is 19.6 Å². The molecule has 158 valence electrons. The monoisotopic (exact) mass is 440 g/mol. The molecule has 3 rings (SSSR count). The minimum absolute atomic E-state index is 0.554. The summed E-state index contributed by atoms with van der Waals surface area (Å²) in [6.45, 7) is 8.73. The lowest BCUT2D eigenvalue weighted by Gasteiger charge is -2.36. The molecule has 0 aliphatic heterocycles. The Morgan fingerprint density at radius 2 is 1.16 bits per heavy atom. The summed E-state index contributed by atoms with van der Waals surface area (Å²) in [7, 11) is -4.09. The number of allylic oxidation sites excluding steroid dienone is 1. The summed E-state index contributed by atoms with van der Waals surface area (Å²) in [5.74, 6) is 3.16. The van der Waals surface area contributed by atoms with E-state index in [0.717, 1.165) is 0 Å². The van der Waals surface area contributed by atoms with Crippen molar-refractivity contribution in [3.8, 4) is 11.5 Å². The fourth-order valence-corrected chi connectivity index (χ4v) is 9.89. The summed E-state index contributed by atoms with van der Waals surface area (Å²) >= 11 is 0. The molecule has 1 nitrogen and oxygen atoms in total. The Balaban J connectivity index is 2.25. The third-order valence-corrected chi connectivity index (χ3v) is 11.4. The van der Waals surface area contributed by atoms with E-state index in [-0.39, 0.29) is 0 Å². The van der Waals surface area contributed by atoms with Crippen molar-refractivity contribution in [2.75, 3.05) is 0 Å². The second-order valence-electron chi connectivity index (χ2n) is 8.90. The Kier molecular flexibility index (Phi) is 7.51. The zero-order valence-corrected chi connectivity index (χ0v) is 21.0. The molecule has 0 heterocycles. The van der Waals surface area contributed by atoms with Crippen molar-refractivity contribution >= 4 is 31.7 Å². The van der Waals surface area contributed by atoms with Crippen molar-refractivity contribution in [3.05, 3.63) is 102 Å². The molecule has 0 aliphatic rings. The van der Waals surface area contributed by atoms with Crippen LogP contribution < -0.4 is 15.6 Å². The molecule has 1 atom stereocenters. The molecule has 1 unspecified atom stereocenters. The van der Waals surface area contributed by atoms with E-state index >= 15 is 0 Å². The lowest BCUT2D eigenvalue weighted by Crippen LogP contribution is -2.68. The molecule has 3 heteroatoms. The van der Waals surface area contributed by atoms with Gasteiger partial charge >= 0.3 is 0 Å². The Morgan fingerprint density at radius 3 is 1.48 bits per heavy atom. The van der Waals surface area contributed by atoms with Crippen LogP contribution in [0.1, 0.15) is 13.3 Å². The van der Waals surface area contributed by atoms with E-state index in [1.165, 1.54) is 20.8 Å². The van der Waals surface area contributed by atoms with E-state index in [9.17, 15) is 5.11 Å². The highest BCUT2D eigenvalue weighted by atomic mass is 28.3. The van der Waals surface area contributed by atoms with Gasteiger partial charge < -0.3 is 5.11 Å². The molecule has 0 fully saturated rings. The number of hydrogen-bond acceptors (Lipinski definition) is 1. The lowest BCUT2D eigenvalue weighted by molar-refractivity contribution is 0.235. The summed E-state index contributed by atoms with van der Waals surface area (Å²) in [5, 5.41) is 16.2. The summed E-state index contributed by atoms with van der Waals surface area (Å²) in [4.78, 5) is 0. The summed E-state index contributed by atoms with van der Waals surface area (Å²) < 4.78 is 0. The largest absolute Gasteiger partial charge is 0.380 e. The number of rotatable bonds is 6. The van der Waals surface area contributed by atoms with E-state index in [1.54, 1.807) is 0 Å². The van der Waals surface area contributed by atoms with Crippen LogP contribution in [0.5, 0.6) is 0 Å². The van der Waals surface area contributed by atoms with E-state index in [2.05, 4.69) is 135 Å². The molecule has 0 saturated heterocycles. The summed E-state index contributed by atoms with van der Waals surface area (Å²) in [6.07, 6.45) is 2.11. The third kappa shape index (κ3) is 5.35. The number of hydrogen-bond donors (Lipinski definition) is 1. The average molecular weight is 441 g/mol. The van der Waals surface area contributed by atoms with Crippen LogP contribution in [0.4, 0.5) is 0 Å². The van der Waals surface area contributed by atoms with Gasteiger partial charge in [-0.05, 0) is 22.5 Å². The Morgan fingerprint density at radius 1 is 0.774 bits per heavy atom. The molecule has 0 bridgehead atoms. The van der Waals surface area contributed by atoms with Gasteiger partial charge in [0.1, 0.15) is 14.2 Å². The minimum Gasteiger partial charge on any atom is -0.380 e. The maximum absolute atomic E-state index is 10.9. The first-order valence-electron chi connectivity index (χ1n) is 10.9. The number of aliphatic hydroxyl groups excluding tert-OH is 1. The van der Waals surface area contributed by atoms with E-state index in [0.29, 0.717) is 6.42 Å². The maximum atomic E-state index is 10.9. The summed E-state index contributed by atoms with van der Waals surface area (Å²) in [6, 6.07) is 32.4. The first kappa shape index (κ1) is 23.0. The van der Waals surface area contributed by atoms with Crippen molar-refractivity contribution in [1.82, 2.24) is 0 Å². The topological polar surface area (TPSA) is 20.2 Å². The van der Waals surface area contributed by atoms with Gasteiger partial charge in [-0.25, -0.2) is 0 Å². The zero-order valence-electron chi connectivity index (χ0n) is 19.0. The predicted octanol–water partition coefficient (Wildman–Crippen LogP) is 4.27. The fraction of sp³-hybridized carbons (Fsp3) is 0.214. The van der Waals surface area contributed by atoms with Gasteiger partial charge in [0.2, 0.25) is 0 Å². The van der Waals surface area contributed by atoms with Gasteiger partial charge in [0.15, 0.2) is 8.07 Å². The van der Waals surface area contributed by atoms with E-state index < -0.39 is 22.3 Å². The first-order chi connectivity index (χ1) is 14.9. The standard InChI is InChI=1S/C28H32OSi2/c1-5-25(23-24(29)21-22-30(2,3)4)31(26-15-9-6-10-16-26,27-17-11-7-12-18-27)28-19-13-8-14-20-28/h5-20,24,29H,23H2,1-4H3/b25-5+. The predicted molar refractivity (Wildman–Crippen MR) is 139 cm³/mol. The molecular weight excluding hydrogens is 408 g/mol. The average Bonchev–Trinajstić information content (AvgIpc) is 2.79. The second kappa shape index (κ2) is 10.1. The quantitative estimate of drug-likeness (QED) is 0.345. The highest BCUT2D eigenvalue weighted by molar-refractivity contribution is 7.16. The molecule has 0 saturated carbocycles. The Bertz CT molecular complexity index is 959. The Labute approximate surface area is 189 Å². The van der Waals surface area contributed by atoms with Gasteiger partial charge in [0.25, 0.3) is 0 Å². The second-order valence-corrected chi connectivity index (χ2v) is 17.5. The maximum Gasteiger partial charge on any atom is 0.175 e. The first-order valence-corrected chi connectivity index (χ1v) is 16.4. The SMILES string of the molecule is C/C=C(\CC(O)C#C[Si](C)(C)C)[Si](c1ccccc1)(c1ccccc1)c1ccccc1. The van der Waals surface area contributed by atoms with E-state index in [4.69, 9.17) is 0 Å². The van der Waals surface area contributed by atoms with Crippen molar-refractivity contribution in [2.24, 2.45) is 0 Å². The zero-order chi connectivity index (χ0) is 22.3.